The third-order valence-corrected chi connectivity index (χ3v) is 2.83. The predicted molar refractivity (Wildman–Crippen MR) is 71.6 cm³/mol. The highest BCUT2D eigenvalue weighted by Gasteiger charge is 2.07. The fourth-order valence-corrected chi connectivity index (χ4v) is 1.88. The molecule has 17 heavy (non-hydrogen) atoms. The van der Waals surface area contributed by atoms with Crippen molar-refractivity contribution in [2.45, 2.75) is 0 Å². The number of aliphatic hydroxyl groups excluding tert-OH is 1. The van der Waals surface area contributed by atoms with Crippen molar-refractivity contribution in [3.8, 4) is 0 Å². The van der Waals surface area contributed by atoms with Crippen LogP contribution >= 0.6 is 0 Å². The van der Waals surface area contributed by atoms with Crippen LogP contribution in [0, 0.1) is 0 Å². The average molecular weight is 231 g/mol. The minimum Gasteiger partial charge on any atom is -0.395 e. The number of anilines is 2. The molecule has 0 spiro atoms. The summed E-state index contributed by atoms with van der Waals surface area (Å²) in [6.45, 7) is 0.711. The number of aromatic nitrogens is 1. The molecular weight excluding hydrogens is 214 g/mol. The standard InChI is InChI=1S/C13H17N3O/c1-14-11-3-4-12-10(9-11)5-6-15-13(12)16(2)7-8-17/h3-6,9,14,17H,7-8H2,1-2H3. The SMILES string of the molecule is CNc1ccc2c(N(C)CCO)nccc2c1. The van der Waals surface area contributed by atoms with Crippen LogP contribution in [-0.4, -0.2) is 37.3 Å². The van der Waals surface area contributed by atoms with E-state index in [1.165, 1.54) is 0 Å². The fraction of sp³-hybridized carbons (Fsp3) is 0.308. The molecule has 90 valence electrons. The smallest absolute Gasteiger partial charge is 0.136 e. The normalized spacial score (nSPS) is 10.5. The van der Waals surface area contributed by atoms with Gasteiger partial charge in [-0.25, -0.2) is 4.98 Å². The van der Waals surface area contributed by atoms with Gasteiger partial charge in [0.15, 0.2) is 0 Å². The van der Waals surface area contributed by atoms with Crippen LogP contribution in [0.4, 0.5) is 11.5 Å². The fourth-order valence-electron chi connectivity index (χ4n) is 1.88. The zero-order valence-corrected chi connectivity index (χ0v) is 10.1. The van der Waals surface area contributed by atoms with Gasteiger partial charge in [0.25, 0.3) is 0 Å². The molecule has 2 rings (SSSR count). The lowest BCUT2D eigenvalue weighted by Gasteiger charge is -2.18. The molecule has 0 aliphatic heterocycles. The van der Waals surface area contributed by atoms with Crippen LogP contribution in [0.1, 0.15) is 0 Å². The van der Waals surface area contributed by atoms with Gasteiger partial charge in [0.05, 0.1) is 6.61 Å². The van der Waals surface area contributed by atoms with Gasteiger partial charge in [0.1, 0.15) is 5.82 Å². The molecule has 0 unspecified atom stereocenters. The number of benzene rings is 1. The van der Waals surface area contributed by atoms with Crippen LogP contribution in [0.25, 0.3) is 10.8 Å². The number of hydrogen-bond donors (Lipinski definition) is 2. The average Bonchev–Trinajstić information content (AvgIpc) is 2.37. The molecule has 4 heteroatoms. The van der Waals surface area contributed by atoms with Gasteiger partial charge in [-0.2, -0.15) is 0 Å². The predicted octanol–water partition coefficient (Wildman–Crippen LogP) is 1.70. The number of hydrogen-bond acceptors (Lipinski definition) is 4. The van der Waals surface area contributed by atoms with Crippen molar-refractivity contribution in [2.75, 3.05) is 37.5 Å². The summed E-state index contributed by atoms with van der Waals surface area (Å²) in [4.78, 5) is 6.34. The van der Waals surface area contributed by atoms with E-state index in [9.17, 15) is 0 Å². The lowest BCUT2D eigenvalue weighted by atomic mass is 10.1. The highest BCUT2D eigenvalue weighted by atomic mass is 16.3. The molecule has 0 bridgehead atoms. The Bertz CT molecular complexity index is 513. The van der Waals surface area contributed by atoms with E-state index in [0.717, 1.165) is 22.3 Å². The van der Waals surface area contributed by atoms with Gasteiger partial charge in [0, 0.05) is 37.9 Å². The molecule has 0 amide bonds. The van der Waals surface area contributed by atoms with Crippen LogP contribution in [0.15, 0.2) is 30.5 Å². The monoisotopic (exact) mass is 231 g/mol. The van der Waals surface area contributed by atoms with E-state index in [-0.39, 0.29) is 6.61 Å². The van der Waals surface area contributed by atoms with Gasteiger partial charge >= 0.3 is 0 Å². The van der Waals surface area contributed by atoms with Crippen molar-refractivity contribution in [3.63, 3.8) is 0 Å². The molecule has 2 aromatic rings. The van der Waals surface area contributed by atoms with E-state index >= 15 is 0 Å². The van der Waals surface area contributed by atoms with Crippen molar-refractivity contribution in [3.05, 3.63) is 30.5 Å². The van der Waals surface area contributed by atoms with Gasteiger partial charge in [0.2, 0.25) is 0 Å². The summed E-state index contributed by atoms with van der Waals surface area (Å²) < 4.78 is 0. The molecule has 0 aliphatic rings. The van der Waals surface area contributed by atoms with Crippen molar-refractivity contribution >= 4 is 22.3 Å². The van der Waals surface area contributed by atoms with Gasteiger partial charge in [-0.05, 0) is 29.7 Å². The summed E-state index contributed by atoms with van der Waals surface area (Å²) in [6.07, 6.45) is 1.80. The number of nitrogens with zero attached hydrogens (tertiary/aromatic N) is 2. The van der Waals surface area contributed by atoms with Crippen molar-refractivity contribution in [2.24, 2.45) is 0 Å². The molecule has 1 aromatic carbocycles. The Morgan fingerprint density at radius 3 is 2.88 bits per heavy atom. The van der Waals surface area contributed by atoms with Crippen LogP contribution in [0.3, 0.4) is 0 Å². The first kappa shape index (κ1) is 11.7. The number of pyridine rings is 1. The first-order valence-electron chi connectivity index (χ1n) is 5.65. The lowest BCUT2D eigenvalue weighted by Crippen LogP contribution is -2.22. The zero-order chi connectivity index (χ0) is 12.3. The number of rotatable bonds is 4. The number of aliphatic hydroxyl groups is 1. The minimum absolute atomic E-state index is 0.128. The van der Waals surface area contributed by atoms with E-state index < -0.39 is 0 Å². The van der Waals surface area contributed by atoms with Crippen molar-refractivity contribution < 1.29 is 5.11 Å². The topological polar surface area (TPSA) is 48.4 Å². The molecule has 0 saturated heterocycles. The van der Waals surface area contributed by atoms with Crippen LogP contribution in [0.5, 0.6) is 0 Å². The largest absolute Gasteiger partial charge is 0.395 e. The summed E-state index contributed by atoms with van der Waals surface area (Å²) in [6, 6.07) is 8.16. The number of nitrogens with one attached hydrogen (secondary N) is 1. The van der Waals surface area contributed by atoms with Gasteiger partial charge in [-0.15, -0.1) is 0 Å². The quantitative estimate of drug-likeness (QED) is 0.841. The molecule has 0 atom stereocenters. The minimum atomic E-state index is 0.128. The van der Waals surface area contributed by atoms with Crippen molar-refractivity contribution in [1.29, 1.82) is 0 Å². The second kappa shape index (κ2) is 5.01. The summed E-state index contributed by atoms with van der Waals surface area (Å²) in [5.74, 6) is 0.902. The molecule has 0 radical (unpaired) electrons. The first-order chi connectivity index (χ1) is 8.26. The molecule has 4 nitrogen and oxygen atoms in total. The van der Waals surface area contributed by atoms with Gasteiger partial charge in [-0.1, -0.05) is 0 Å². The highest BCUT2D eigenvalue weighted by molar-refractivity contribution is 5.94. The summed E-state index contributed by atoms with van der Waals surface area (Å²) >= 11 is 0. The maximum absolute atomic E-state index is 8.97. The summed E-state index contributed by atoms with van der Waals surface area (Å²) in [7, 11) is 3.84. The van der Waals surface area contributed by atoms with Crippen LogP contribution in [0.2, 0.25) is 0 Å². The Morgan fingerprint density at radius 1 is 1.35 bits per heavy atom. The molecule has 0 aliphatic carbocycles. The van der Waals surface area contributed by atoms with Crippen molar-refractivity contribution in [1.82, 2.24) is 4.98 Å². The first-order valence-corrected chi connectivity index (χ1v) is 5.65. The van der Waals surface area contributed by atoms with E-state index in [0.29, 0.717) is 6.54 Å². The van der Waals surface area contributed by atoms with E-state index in [4.69, 9.17) is 5.11 Å². The third kappa shape index (κ3) is 2.31. The van der Waals surface area contributed by atoms with Crippen LogP contribution < -0.4 is 10.2 Å². The number of likely N-dealkylation sites (N-methyl/N-ethyl adjacent to an activating group) is 1. The Kier molecular flexibility index (Phi) is 3.44. The molecule has 0 fully saturated rings. The summed E-state index contributed by atoms with van der Waals surface area (Å²) in [5.41, 5.74) is 1.08. The molecule has 1 aromatic heterocycles. The Balaban J connectivity index is 2.50. The third-order valence-electron chi connectivity index (χ3n) is 2.83. The molecular formula is C13H17N3O. The van der Waals surface area contributed by atoms with Gasteiger partial charge in [-0.3, -0.25) is 0 Å². The highest BCUT2D eigenvalue weighted by Crippen LogP contribution is 2.25. The molecule has 0 saturated carbocycles. The lowest BCUT2D eigenvalue weighted by molar-refractivity contribution is 0.304. The second-order valence-corrected chi connectivity index (χ2v) is 3.97. The van der Waals surface area contributed by atoms with E-state index in [2.05, 4.69) is 22.4 Å². The van der Waals surface area contributed by atoms with Gasteiger partial charge < -0.3 is 15.3 Å². The Labute approximate surface area is 101 Å². The zero-order valence-electron chi connectivity index (χ0n) is 10.1. The maximum Gasteiger partial charge on any atom is 0.136 e. The molecule has 1 heterocycles. The van der Waals surface area contributed by atoms with Crippen LogP contribution in [-0.2, 0) is 0 Å². The maximum atomic E-state index is 8.97. The summed E-state index contributed by atoms with van der Waals surface area (Å²) in [5, 5.41) is 14.3. The van der Waals surface area contributed by atoms with E-state index in [1.54, 1.807) is 6.20 Å². The Hall–Kier alpha value is -1.81. The molecule has 2 N–H and O–H groups in total. The number of fused-ring (bicyclic) bond motifs is 1. The van der Waals surface area contributed by atoms with E-state index in [1.807, 2.05) is 31.1 Å². The second-order valence-electron chi connectivity index (χ2n) is 3.97. The Morgan fingerprint density at radius 2 is 2.18 bits per heavy atom.